The van der Waals surface area contributed by atoms with Crippen molar-refractivity contribution in [3.8, 4) is 5.75 Å². The number of hydrogen-bond donors (Lipinski definition) is 0. The van der Waals surface area contributed by atoms with Crippen LogP contribution in [0.4, 0.5) is 4.39 Å². The van der Waals surface area contributed by atoms with Crippen molar-refractivity contribution in [3.05, 3.63) is 63.9 Å². The fraction of sp³-hybridized carbons (Fsp3) is 0.235. The Morgan fingerprint density at radius 2 is 2.00 bits per heavy atom. The van der Waals surface area contributed by atoms with Gasteiger partial charge in [0, 0.05) is 29.7 Å². The summed E-state index contributed by atoms with van der Waals surface area (Å²) in [7, 11) is 3.21. The molecule has 0 aliphatic heterocycles. The second kappa shape index (κ2) is 6.79. The van der Waals surface area contributed by atoms with E-state index in [4.69, 9.17) is 16.3 Å². The van der Waals surface area contributed by atoms with Crippen LogP contribution in [-0.4, -0.2) is 25.0 Å². The van der Waals surface area contributed by atoms with Crippen LogP contribution in [0.3, 0.4) is 0 Å². The molecule has 0 spiro atoms. The number of nitrogens with zero attached hydrogens (tertiary/aromatic N) is 1. The molecule has 22 heavy (non-hydrogen) atoms. The third-order valence-corrected chi connectivity index (χ3v) is 3.65. The second-order valence-corrected chi connectivity index (χ2v) is 5.52. The SMILES string of the molecule is COc1ccc(Cl)cc1CN(C)C(=O)c1ccc(C)c(F)c1. The summed E-state index contributed by atoms with van der Waals surface area (Å²) >= 11 is 5.98. The molecule has 2 aromatic rings. The minimum absolute atomic E-state index is 0.263. The summed E-state index contributed by atoms with van der Waals surface area (Å²) in [5.41, 5.74) is 1.61. The van der Waals surface area contributed by atoms with Gasteiger partial charge in [0.05, 0.1) is 7.11 Å². The Bertz CT molecular complexity index is 703. The highest BCUT2D eigenvalue weighted by Crippen LogP contribution is 2.24. The summed E-state index contributed by atoms with van der Waals surface area (Å²) in [5.74, 6) is -0.000323. The Labute approximate surface area is 134 Å². The molecule has 3 nitrogen and oxygen atoms in total. The highest BCUT2D eigenvalue weighted by atomic mass is 35.5. The van der Waals surface area contributed by atoms with Crippen LogP contribution in [0.1, 0.15) is 21.5 Å². The van der Waals surface area contributed by atoms with Gasteiger partial charge in [0.1, 0.15) is 11.6 Å². The third-order valence-electron chi connectivity index (χ3n) is 3.42. The van der Waals surface area contributed by atoms with E-state index in [1.54, 1.807) is 51.4 Å². The number of amides is 1. The van der Waals surface area contributed by atoms with Crippen LogP contribution in [0.25, 0.3) is 0 Å². The molecule has 0 N–H and O–H groups in total. The van der Waals surface area contributed by atoms with E-state index in [1.165, 1.54) is 11.0 Å². The zero-order valence-corrected chi connectivity index (χ0v) is 13.4. The largest absolute Gasteiger partial charge is 0.496 e. The summed E-state index contributed by atoms with van der Waals surface area (Å²) in [6.07, 6.45) is 0. The van der Waals surface area contributed by atoms with Crippen molar-refractivity contribution < 1.29 is 13.9 Å². The van der Waals surface area contributed by atoms with Gasteiger partial charge in [-0.15, -0.1) is 0 Å². The lowest BCUT2D eigenvalue weighted by atomic mass is 10.1. The van der Waals surface area contributed by atoms with Crippen molar-refractivity contribution in [1.29, 1.82) is 0 Å². The lowest BCUT2D eigenvalue weighted by molar-refractivity contribution is 0.0783. The molecule has 0 radical (unpaired) electrons. The number of carbonyl (C=O) groups is 1. The molecule has 0 atom stereocenters. The number of methoxy groups -OCH3 is 1. The molecule has 116 valence electrons. The molecular formula is C17H17ClFNO2. The average Bonchev–Trinajstić information content (AvgIpc) is 2.49. The molecule has 0 saturated heterocycles. The number of hydrogen-bond acceptors (Lipinski definition) is 2. The van der Waals surface area contributed by atoms with Gasteiger partial charge in [-0.3, -0.25) is 4.79 Å². The van der Waals surface area contributed by atoms with Crippen molar-refractivity contribution in [3.63, 3.8) is 0 Å². The van der Waals surface area contributed by atoms with E-state index < -0.39 is 0 Å². The first-order valence-electron chi connectivity index (χ1n) is 6.76. The van der Waals surface area contributed by atoms with E-state index in [0.29, 0.717) is 28.4 Å². The molecule has 0 fully saturated rings. The zero-order chi connectivity index (χ0) is 16.3. The topological polar surface area (TPSA) is 29.5 Å². The van der Waals surface area contributed by atoms with E-state index in [1.807, 2.05) is 0 Å². The monoisotopic (exact) mass is 321 g/mol. The van der Waals surface area contributed by atoms with E-state index in [9.17, 15) is 9.18 Å². The second-order valence-electron chi connectivity index (χ2n) is 5.08. The number of ether oxygens (including phenoxy) is 1. The lowest BCUT2D eigenvalue weighted by Crippen LogP contribution is -2.26. The Morgan fingerprint density at radius 1 is 1.27 bits per heavy atom. The van der Waals surface area contributed by atoms with Gasteiger partial charge in [-0.25, -0.2) is 4.39 Å². The summed E-state index contributed by atoms with van der Waals surface area (Å²) in [5, 5.41) is 0.568. The molecule has 0 saturated carbocycles. The van der Waals surface area contributed by atoms with Crippen molar-refractivity contribution in [2.75, 3.05) is 14.2 Å². The Hall–Kier alpha value is -2.07. The van der Waals surface area contributed by atoms with E-state index in [-0.39, 0.29) is 11.7 Å². The van der Waals surface area contributed by atoms with E-state index in [0.717, 1.165) is 5.56 Å². The van der Waals surface area contributed by atoms with Crippen LogP contribution in [0.5, 0.6) is 5.75 Å². The minimum atomic E-state index is -0.389. The third kappa shape index (κ3) is 3.57. The molecule has 1 amide bonds. The minimum Gasteiger partial charge on any atom is -0.496 e. The van der Waals surface area contributed by atoms with Gasteiger partial charge < -0.3 is 9.64 Å². The molecule has 0 heterocycles. The predicted octanol–water partition coefficient (Wildman–Crippen LogP) is 4.07. The quantitative estimate of drug-likeness (QED) is 0.849. The molecule has 0 unspecified atom stereocenters. The van der Waals surface area contributed by atoms with Gasteiger partial charge in [-0.05, 0) is 42.8 Å². The number of rotatable bonds is 4. The first-order valence-corrected chi connectivity index (χ1v) is 7.14. The van der Waals surface area contributed by atoms with Crippen LogP contribution in [0.2, 0.25) is 5.02 Å². The Morgan fingerprint density at radius 3 is 2.64 bits per heavy atom. The summed E-state index contributed by atoms with van der Waals surface area (Å²) in [6, 6.07) is 9.69. The zero-order valence-electron chi connectivity index (χ0n) is 12.7. The molecule has 5 heteroatoms. The molecule has 0 bridgehead atoms. The predicted molar refractivity (Wildman–Crippen MR) is 84.9 cm³/mol. The van der Waals surface area contributed by atoms with Crippen LogP contribution in [0.15, 0.2) is 36.4 Å². The van der Waals surface area contributed by atoms with Crippen LogP contribution in [0, 0.1) is 12.7 Å². The van der Waals surface area contributed by atoms with Crippen molar-refractivity contribution in [1.82, 2.24) is 4.90 Å². The van der Waals surface area contributed by atoms with Crippen molar-refractivity contribution in [2.45, 2.75) is 13.5 Å². The fourth-order valence-electron chi connectivity index (χ4n) is 2.14. The van der Waals surface area contributed by atoms with Crippen LogP contribution < -0.4 is 4.74 Å². The molecule has 0 aliphatic rings. The number of halogens is 2. The first kappa shape index (κ1) is 16.3. The number of aryl methyl sites for hydroxylation is 1. The number of benzene rings is 2. The summed E-state index contributed by atoms with van der Waals surface area (Å²) < 4.78 is 18.9. The van der Waals surface area contributed by atoms with Gasteiger partial charge in [0.25, 0.3) is 5.91 Å². The van der Waals surface area contributed by atoms with Gasteiger partial charge >= 0.3 is 0 Å². The lowest BCUT2D eigenvalue weighted by Gasteiger charge is -2.19. The summed E-state index contributed by atoms with van der Waals surface area (Å²) in [6.45, 7) is 1.97. The highest BCUT2D eigenvalue weighted by molar-refractivity contribution is 6.30. The maximum Gasteiger partial charge on any atom is 0.254 e. The molecule has 2 aromatic carbocycles. The highest BCUT2D eigenvalue weighted by Gasteiger charge is 2.15. The Kier molecular flexibility index (Phi) is 5.03. The molecular weight excluding hydrogens is 305 g/mol. The van der Waals surface area contributed by atoms with E-state index >= 15 is 0 Å². The maximum atomic E-state index is 13.6. The molecule has 2 rings (SSSR count). The standard InChI is InChI=1S/C17H17ClFNO2/c1-11-4-5-12(9-15(11)19)17(21)20(2)10-13-8-14(18)6-7-16(13)22-3/h4-9H,10H2,1-3H3. The van der Waals surface area contributed by atoms with Crippen LogP contribution in [-0.2, 0) is 6.54 Å². The van der Waals surface area contributed by atoms with Gasteiger partial charge in [-0.1, -0.05) is 17.7 Å². The Balaban J connectivity index is 2.21. The van der Waals surface area contributed by atoms with Gasteiger partial charge in [0.15, 0.2) is 0 Å². The normalized spacial score (nSPS) is 10.4. The van der Waals surface area contributed by atoms with E-state index in [2.05, 4.69) is 0 Å². The first-order chi connectivity index (χ1) is 10.4. The summed E-state index contributed by atoms with van der Waals surface area (Å²) in [4.78, 5) is 13.9. The fourth-order valence-corrected chi connectivity index (χ4v) is 2.34. The number of carbonyl (C=O) groups excluding carboxylic acids is 1. The van der Waals surface area contributed by atoms with Gasteiger partial charge in [0.2, 0.25) is 0 Å². The van der Waals surface area contributed by atoms with Crippen molar-refractivity contribution >= 4 is 17.5 Å². The van der Waals surface area contributed by atoms with Crippen molar-refractivity contribution in [2.24, 2.45) is 0 Å². The smallest absolute Gasteiger partial charge is 0.254 e. The maximum absolute atomic E-state index is 13.6. The average molecular weight is 322 g/mol. The van der Waals surface area contributed by atoms with Gasteiger partial charge in [-0.2, -0.15) is 0 Å². The van der Waals surface area contributed by atoms with Crippen LogP contribution >= 0.6 is 11.6 Å². The molecule has 0 aromatic heterocycles. The molecule has 0 aliphatic carbocycles.